The number of esters is 1. The van der Waals surface area contributed by atoms with Gasteiger partial charge in [0.15, 0.2) is 5.54 Å². The van der Waals surface area contributed by atoms with Crippen molar-refractivity contribution < 1.29 is 19.1 Å². The van der Waals surface area contributed by atoms with Gasteiger partial charge in [-0.05, 0) is 33.3 Å². The van der Waals surface area contributed by atoms with Crippen molar-refractivity contribution in [2.45, 2.75) is 44.8 Å². The standard InChI is InChI=1S/C14H20N4O4/c1-13(2,3)22-10(19)5-7-14(9-6-8-18(4)17-9)11(20)15-12(21)16-14/h6,8H,5,7H2,1-4H3,(H2,15,16,20,21). The summed E-state index contributed by atoms with van der Waals surface area (Å²) in [5, 5.41) is 8.97. The topological polar surface area (TPSA) is 102 Å². The van der Waals surface area contributed by atoms with Crippen LogP contribution in [0.3, 0.4) is 0 Å². The van der Waals surface area contributed by atoms with Gasteiger partial charge in [-0.2, -0.15) is 5.10 Å². The normalized spacial score (nSPS) is 21.5. The molecule has 2 N–H and O–H groups in total. The van der Waals surface area contributed by atoms with Crippen molar-refractivity contribution >= 4 is 17.9 Å². The zero-order valence-corrected chi connectivity index (χ0v) is 13.1. The minimum absolute atomic E-state index is 0.0124. The fourth-order valence-corrected chi connectivity index (χ4v) is 2.30. The third-order valence-electron chi connectivity index (χ3n) is 3.22. The van der Waals surface area contributed by atoms with E-state index < -0.39 is 29.0 Å². The molecule has 1 atom stereocenters. The lowest BCUT2D eigenvalue weighted by Crippen LogP contribution is -2.45. The Hall–Kier alpha value is -2.38. The number of nitrogens with zero attached hydrogens (tertiary/aromatic N) is 2. The number of carbonyl (C=O) groups excluding carboxylic acids is 3. The summed E-state index contributed by atoms with van der Waals surface area (Å²) in [6.07, 6.45) is 1.74. The molecule has 1 aliphatic rings. The molecule has 0 spiro atoms. The number of rotatable bonds is 4. The van der Waals surface area contributed by atoms with Crippen molar-refractivity contribution in [1.82, 2.24) is 20.4 Å². The quantitative estimate of drug-likeness (QED) is 0.625. The first kappa shape index (κ1) is 16.0. The summed E-state index contributed by atoms with van der Waals surface area (Å²) in [6, 6.07) is 1.04. The minimum atomic E-state index is -1.34. The third-order valence-corrected chi connectivity index (χ3v) is 3.22. The molecule has 0 radical (unpaired) electrons. The van der Waals surface area contributed by atoms with Gasteiger partial charge in [0, 0.05) is 19.7 Å². The first-order valence-electron chi connectivity index (χ1n) is 6.98. The Morgan fingerprint density at radius 1 is 1.41 bits per heavy atom. The molecule has 1 aromatic heterocycles. The predicted molar refractivity (Wildman–Crippen MR) is 76.6 cm³/mol. The summed E-state index contributed by atoms with van der Waals surface area (Å²) in [5.41, 5.74) is -1.55. The lowest BCUT2D eigenvalue weighted by atomic mass is 9.90. The largest absolute Gasteiger partial charge is 0.460 e. The zero-order chi connectivity index (χ0) is 16.5. The fourth-order valence-electron chi connectivity index (χ4n) is 2.30. The Kier molecular flexibility index (Phi) is 3.95. The minimum Gasteiger partial charge on any atom is -0.460 e. The summed E-state index contributed by atoms with van der Waals surface area (Å²) in [5.74, 6) is -0.948. The Morgan fingerprint density at radius 2 is 2.09 bits per heavy atom. The van der Waals surface area contributed by atoms with Gasteiger partial charge in [0.05, 0.1) is 5.69 Å². The van der Waals surface area contributed by atoms with Crippen LogP contribution >= 0.6 is 0 Å². The molecule has 2 heterocycles. The molecule has 22 heavy (non-hydrogen) atoms. The van der Waals surface area contributed by atoms with Crippen LogP contribution in [0.5, 0.6) is 0 Å². The molecule has 1 unspecified atom stereocenters. The number of urea groups is 1. The molecule has 2 rings (SSSR count). The average Bonchev–Trinajstić information content (AvgIpc) is 2.90. The van der Waals surface area contributed by atoms with Crippen LogP contribution < -0.4 is 10.6 Å². The molecular weight excluding hydrogens is 288 g/mol. The van der Waals surface area contributed by atoms with Crippen LogP contribution in [0.15, 0.2) is 12.3 Å². The Balaban J connectivity index is 2.19. The number of nitrogens with one attached hydrogen (secondary N) is 2. The molecule has 1 aromatic rings. The summed E-state index contributed by atoms with van der Waals surface area (Å²) < 4.78 is 6.77. The van der Waals surface area contributed by atoms with E-state index in [-0.39, 0.29) is 12.8 Å². The van der Waals surface area contributed by atoms with E-state index in [0.717, 1.165) is 0 Å². The van der Waals surface area contributed by atoms with Crippen LogP contribution in [0.4, 0.5) is 4.79 Å². The van der Waals surface area contributed by atoms with Gasteiger partial charge in [0.25, 0.3) is 5.91 Å². The first-order chi connectivity index (χ1) is 10.1. The van der Waals surface area contributed by atoms with E-state index in [4.69, 9.17) is 4.74 Å². The fraction of sp³-hybridized carbons (Fsp3) is 0.571. The number of carbonyl (C=O) groups is 3. The molecule has 0 aliphatic carbocycles. The maximum Gasteiger partial charge on any atom is 0.322 e. The van der Waals surface area contributed by atoms with Crippen LogP contribution in [-0.4, -0.2) is 33.3 Å². The van der Waals surface area contributed by atoms with Crippen molar-refractivity contribution in [3.63, 3.8) is 0 Å². The lowest BCUT2D eigenvalue weighted by molar-refractivity contribution is -0.155. The van der Waals surface area contributed by atoms with Crippen molar-refractivity contribution in [3.8, 4) is 0 Å². The number of imide groups is 1. The molecule has 3 amide bonds. The van der Waals surface area contributed by atoms with E-state index in [1.54, 1.807) is 40.1 Å². The SMILES string of the molecule is Cn1ccc(C2(CCC(=O)OC(C)(C)C)NC(=O)NC2=O)n1. The predicted octanol–water partition coefficient (Wildman–Crippen LogP) is 0.577. The second-order valence-corrected chi connectivity index (χ2v) is 6.27. The molecule has 1 fully saturated rings. The van der Waals surface area contributed by atoms with Crippen LogP contribution in [0.2, 0.25) is 0 Å². The van der Waals surface area contributed by atoms with Gasteiger partial charge in [0.1, 0.15) is 5.60 Å². The van der Waals surface area contributed by atoms with Gasteiger partial charge in [-0.3, -0.25) is 19.6 Å². The Bertz CT molecular complexity index is 617. The molecule has 120 valence electrons. The van der Waals surface area contributed by atoms with E-state index in [9.17, 15) is 14.4 Å². The van der Waals surface area contributed by atoms with Crippen molar-refractivity contribution in [2.24, 2.45) is 7.05 Å². The molecule has 8 nitrogen and oxygen atoms in total. The number of aromatic nitrogens is 2. The number of aryl methyl sites for hydroxylation is 1. The van der Waals surface area contributed by atoms with E-state index >= 15 is 0 Å². The molecular formula is C14H20N4O4. The molecule has 0 bridgehead atoms. The molecule has 0 saturated carbocycles. The highest BCUT2D eigenvalue weighted by atomic mass is 16.6. The summed E-state index contributed by atoms with van der Waals surface area (Å²) in [4.78, 5) is 35.6. The van der Waals surface area contributed by atoms with Crippen LogP contribution in [0.25, 0.3) is 0 Å². The number of amides is 3. The first-order valence-corrected chi connectivity index (χ1v) is 6.98. The maximum absolute atomic E-state index is 12.2. The van der Waals surface area contributed by atoms with Crippen LogP contribution in [0, 0.1) is 0 Å². The van der Waals surface area contributed by atoms with Gasteiger partial charge < -0.3 is 10.1 Å². The van der Waals surface area contributed by atoms with Crippen molar-refractivity contribution in [3.05, 3.63) is 18.0 Å². The van der Waals surface area contributed by atoms with Gasteiger partial charge in [0.2, 0.25) is 0 Å². The number of ether oxygens (including phenoxy) is 1. The average molecular weight is 308 g/mol. The van der Waals surface area contributed by atoms with Crippen molar-refractivity contribution in [2.75, 3.05) is 0 Å². The molecule has 0 aromatic carbocycles. The zero-order valence-electron chi connectivity index (χ0n) is 13.1. The van der Waals surface area contributed by atoms with E-state index in [0.29, 0.717) is 5.69 Å². The van der Waals surface area contributed by atoms with Gasteiger partial charge in [-0.1, -0.05) is 0 Å². The summed E-state index contributed by atoms with van der Waals surface area (Å²) in [7, 11) is 1.71. The maximum atomic E-state index is 12.2. The monoisotopic (exact) mass is 308 g/mol. The van der Waals surface area contributed by atoms with Gasteiger partial charge >= 0.3 is 12.0 Å². The van der Waals surface area contributed by atoms with Crippen LogP contribution in [-0.2, 0) is 26.9 Å². The molecule has 1 saturated heterocycles. The Labute approximate surface area is 128 Å². The van der Waals surface area contributed by atoms with Gasteiger partial charge in [-0.15, -0.1) is 0 Å². The van der Waals surface area contributed by atoms with E-state index in [2.05, 4.69) is 15.7 Å². The Morgan fingerprint density at radius 3 is 2.55 bits per heavy atom. The highest BCUT2D eigenvalue weighted by Crippen LogP contribution is 2.29. The van der Waals surface area contributed by atoms with Gasteiger partial charge in [-0.25, -0.2) is 4.79 Å². The number of hydrogen-bond acceptors (Lipinski definition) is 5. The number of hydrogen-bond donors (Lipinski definition) is 2. The molecule has 1 aliphatic heterocycles. The molecule has 8 heteroatoms. The second-order valence-electron chi connectivity index (χ2n) is 6.27. The van der Waals surface area contributed by atoms with E-state index in [1.165, 1.54) is 4.68 Å². The lowest BCUT2D eigenvalue weighted by Gasteiger charge is -2.25. The van der Waals surface area contributed by atoms with Crippen molar-refractivity contribution in [1.29, 1.82) is 0 Å². The summed E-state index contributed by atoms with van der Waals surface area (Å²) >= 11 is 0. The van der Waals surface area contributed by atoms with E-state index in [1.807, 2.05) is 0 Å². The van der Waals surface area contributed by atoms with Crippen LogP contribution in [0.1, 0.15) is 39.3 Å². The summed E-state index contributed by atoms with van der Waals surface area (Å²) in [6.45, 7) is 5.30. The third kappa shape index (κ3) is 3.26. The highest BCUT2D eigenvalue weighted by molar-refractivity contribution is 6.07. The second kappa shape index (κ2) is 5.43. The smallest absolute Gasteiger partial charge is 0.322 e. The highest BCUT2D eigenvalue weighted by Gasteiger charge is 2.49.